The van der Waals surface area contributed by atoms with E-state index in [0.717, 1.165) is 38.4 Å². The van der Waals surface area contributed by atoms with Gasteiger partial charge in [-0.1, -0.05) is 6.92 Å². The second-order valence-corrected chi connectivity index (χ2v) is 4.11. The number of likely N-dealkylation sites (tertiary alicyclic amines) is 1. The van der Waals surface area contributed by atoms with E-state index >= 15 is 0 Å². The Morgan fingerprint density at radius 3 is 2.57 bits per heavy atom. The van der Waals surface area contributed by atoms with Gasteiger partial charge in [-0.25, -0.2) is 0 Å². The minimum atomic E-state index is 0.133. The molecule has 14 heavy (non-hydrogen) atoms. The standard InChI is InChI=1S/C11H21N3/c1-2-11(9-13)14-7-4-10(3-6-12)5-8-14/h10-11H,2-8,12H2,1H3. The van der Waals surface area contributed by atoms with Crippen LogP contribution in [0.2, 0.25) is 0 Å². The van der Waals surface area contributed by atoms with Gasteiger partial charge in [0.15, 0.2) is 0 Å². The molecule has 2 N–H and O–H groups in total. The molecule has 3 heteroatoms. The third-order valence-corrected chi connectivity index (χ3v) is 3.20. The molecule has 1 saturated heterocycles. The van der Waals surface area contributed by atoms with Crippen molar-refractivity contribution in [2.75, 3.05) is 19.6 Å². The number of nitrogens with two attached hydrogens (primary N) is 1. The maximum absolute atomic E-state index is 8.94. The van der Waals surface area contributed by atoms with Crippen LogP contribution in [-0.4, -0.2) is 30.6 Å². The van der Waals surface area contributed by atoms with E-state index in [1.54, 1.807) is 0 Å². The van der Waals surface area contributed by atoms with E-state index in [2.05, 4.69) is 17.9 Å². The summed E-state index contributed by atoms with van der Waals surface area (Å²) in [4.78, 5) is 2.31. The summed E-state index contributed by atoms with van der Waals surface area (Å²) in [6, 6.07) is 2.50. The molecular weight excluding hydrogens is 174 g/mol. The van der Waals surface area contributed by atoms with Gasteiger partial charge in [0.2, 0.25) is 0 Å². The Balaban J connectivity index is 2.31. The fourth-order valence-electron chi connectivity index (χ4n) is 2.22. The molecule has 80 valence electrons. The molecule has 1 rings (SSSR count). The highest BCUT2D eigenvalue weighted by atomic mass is 15.2. The SMILES string of the molecule is CCC(C#N)N1CCC(CCN)CC1. The first-order chi connectivity index (χ1) is 6.81. The Bertz CT molecular complexity index is 189. The lowest BCUT2D eigenvalue weighted by Gasteiger charge is -2.34. The van der Waals surface area contributed by atoms with Crippen LogP contribution in [-0.2, 0) is 0 Å². The van der Waals surface area contributed by atoms with Crippen molar-refractivity contribution in [3.63, 3.8) is 0 Å². The van der Waals surface area contributed by atoms with E-state index in [9.17, 15) is 0 Å². The molecule has 0 spiro atoms. The number of nitrogens with zero attached hydrogens (tertiary/aromatic N) is 2. The van der Waals surface area contributed by atoms with Crippen LogP contribution in [0.5, 0.6) is 0 Å². The van der Waals surface area contributed by atoms with Crippen LogP contribution in [0.15, 0.2) is 0 Å². The van der Waals surface area contributed by atoms with E-state index in [-0.39, 0.29) is 6.04 Å². The Hall–Kier alpha value is -0.590. The van der Waals surface area contributed by atoms with Crippen LogP contribution < -0.4 is 5.73 Å². The van der Waals surface area contributed by atoms with Crippen molar-refractivity contribution in [2.24, 2.45) is 11.7 Å². The predicted octanol–water partition coefficient (Wildman–Crippen LogP) is 1.35. The molecule has 0 radical (unpaired) electrons. The average molecular weight is 195 g/mol. The summed E-state index contributed by atoms with van der Waals surface area (Å²) in [6.45, 7) is 5.05. The summed E-state index contributed by atoms with van der Waals surface area (Å²) in [5.41, 5.74) is 5.54. The summed E-state index contributed by atoms with van der Waals surface area (Å²) in [7, 11) is 0. The molecule has 1 fully saturated rings. The first-order valence-electron chi connectivity index (χ1n) is 5.65. The molecule has 0 aromatic carbocycles. The largest absolute Gasteiger partial charge is 0.330 e. The molecule has 0 saturated carbocycles. The fourth-order valence-corrected chi connectivity index (χ4v) is 2.22. The van der Waals surface area contributed by atoms with Crippen molar-refractivity contribution < 1.29 is 0 Å². The smallest absolute Gasteiger partial charge is 0.0975 e. The molecule has 1 atom stereocenters. The van der Waals surface area contributed by atoms with Gasteiger partial charge >= 0.3 is 0 Å². The average Bonchev–Trinajstić information content (AvgIpc) is 2.23. The van der Waals surface area contributed by atoms with Gasteiger partial charge in [-0.15, -0.1) is 0 Å². The van der Waals surface area contributed by atoms with E-state index < -0.39 is 0 Å². The zero-order valence-corrected chi connectivity index (χ0v) is 9.08. The van der Waals surface area contributed by atoms with Crippen molar-refractivity contribution in [2.45, 2.75) is 38.6 Å². The van der Waals surface area contributed by atoms with Crippen LogP contribution in [0.4, 0.5) is 0 Å². The van der Waals surface area contributed by atoms with Crippen molar-refractivity contribution in [1.82, 2.24) is 4.90 Å². The Kier molecular flexibility index (Phi) is 4.92. The van der Waals surface area contributed by atoms with Gasteiger partial charge in [0, 0.05) is 0 Å². The van der Waals surface area contributed by atoms with E-state index in [4.69, 9.17) is 11.0 Å². The third-order valence-electron chi connectivity index (χ3n) is 3.20. The van der Waals surface area contributed by atoms with Gasteiger partial charge in [0.05, 0.1) is 12.1 Å². The number of hydrogen-bond acceptors (Lipinski definition) is 3. The lowest BCUT2D eigenvalue weighted by atomic mass is 9.92. The molecule has 1 aliphatic heterocycles. The lowest BCUT2D eigenvalue weighted by molar-refractivity contribution is 0.152. The van der Waals surface area contributed by atoms with E-state index in [1.807, 2.05) is 0 Å². The van der Waals surface area contributed by atoms with Gasteiger partial charge in [0.25, 0.3) is 0 Å². The quantitative estimate of drug-likeness (QED) is 0.736. The van der Waals surface area contributed by atoms with Crippen molar-refractivity contribution >= 4 is 0 Å². The number of rotatable bonds is 4. The van der Waals surface area contributed by atoms with Gasteiger partial charge in [-0.05, 0) is 51.2 Å². The third kappa shape index (κ3) is 2.97. The minimum Gasteiger partial charge on any atom is -0.330 e. The second kappa shape index (κ2) is 6.00. The summed E-state index contributed by atoms with van der Waals surface area (Å²) >= 11 is 0. The zero-order chi connectivity index (χ0) is 10.4. The Morgan fingerprint density at radius 2 is 2.14 bits per heavy atom. The minimum absolute atomic E-state index is 0.133. The van der Waals surface area contributed by atoms with Gasteiger partial charge in [-0.2, -0.15) is 5.26 Å². The Morgan fingerprint density at radius 1 is 1.50 bits per heavy atom. The van der Waals surface area contributed by atoms with Crippen LogP contribution in [0.1, 0.15) is 32.6 Å². The number of nitriles is 1. The zero-order valence-electron chi connectivity index (χ0n) is 9.08. The monoisotopic (exact) mass is 195 g/mol. The predicted molar refractivity (Wildman–Crippen MR) is 57.7 cm³/mol. The maximum atomic E-state index is 8.94. The maximum Gasteiger partial charge on any atom is 0.0975 e. The molecule has 0 amide bonds. The second-order valence-electron chi connectivity index (χ2n) is 4.11. The summed E-state index contributed by atoms with van der Waals surface area (Å²) < 4.78 is 0. The molecule has 3 nitrogen and oxygen atoms in total. The normalized spacial score (nSPS) is 21.8. The molecule has 0 bridgehead atoms. The molecule has 1 aliphatic rings. The van der Waals surface area contributed by atoms with Crippen molar-refractivity contribution in [3.8, 4) is 6.07 Å². The fraction of sp³-hybridized carbons (Fsp3) is 0.909. The topological polar surface area (TPSA) is 53.0 Å². The van der Waals surface area contributed by atoms with Crippen LogP contribution in [0.25, 0.3) is 0 Å². The molecule has 0 aliphatic carbocycles. The molecule has 1 unspecified atom stereocenters. The first kappa shape index (κ1) is 11.5. The highest BCUT2D eigenvalue weighted by Crippen LogP contribution is 2.21. The van der Waals surface area contributed by atoms with Gasteiger partial charge < -0.3 is 5.73 Å². The lowest BCUT2D eigenvalue weighted by Crippen LogP contribution is -2.40. The van der Waals surface area contributed by atoms with Crippen molar-refractivity contribution in [1.29, 1.82) is 5.26 Å². The van der Waals surface area contributed by atoms with Gasteiger partial charge in [0.1, 0.15) is 0 Å². The summed E-state index contributed by atoms with van der Waals surface area (Å²) in [6.07, 6.45) is 4.53. The Labute approximate surface area is 86.9 Å². The number of hydrogen-bond donors (Lipinski definition) is 1. The molecular formula is C11H21N3. The van der Waals surface area contributed by atoms with Crippen LogP contribution in [0.3, 0.4) is 0 Å². The number of piperidine rings is 1. The van der Waals surface area contributed by atoms with Gasteiger partial charge in [-0.3, -0.25) is 4.90 Å². The highest BCUT2D eigenvalue weighted by Gasteiger charge is 2.23. The van der Waals surface area contributed by atoms with E-state index in [0.29, 0.717) is 0 Å². The molecule has 0 aromatic rings. The van der Waals surface area contributed by atoms with Crippen LogP contribution in [0, 0.1) is 17.2 Å². The summed E-state index contributed by atoms with van der Waals surface area (Å²) in [5.74, 6) is 0.799. The molecule has 0 aromatic heterocycles. The first-order valence-corrected chi connectivity index (χ1v) is 5.65. The summed E-state index contributed by atoms with van der Waals surface area (Å²) in [5, 5.41) is 8.94. The molecule has 1 heterocycles. The van der Waals surface area contributed by atoms with Crippen LogP contribution >= 0.6 is 0 Å². The highest BCUT2D eigenvalue weighted by molar-refractivity contribution is 4.92. The van der Waals surface area contributed by atoms with E-state index in [1.165, 1.54) is 12.8 Å². The van der Waals surface area contributed by atoms with Crippen molar-refractivity contribution in [3.05, 3.63) is 0 Å².